The van der Waals surface area contributed by atoms with Gasteiger partial charge in [-0.25, -0.2) is 13.2 Å². The Hall–Kier alpha value is -4.01. The number of aliphatic hydroxyl groups is 1. The molecule has 1 fully saturated rings. The number of ether oxygens (including phenoxy) is 1. The molecule has 3 atom stereocenters. The number of urea groups is 1. The van der Waals surface area contributed by atoms with Crippen molar-refractivity contribution in [3.8, 4) is 5.75 Å². The van der Waals surface area contributed by atoms with Crippen molar-refractivity contribution in [1.29, 1.82) is 0 Å². The van der Waals surface area contributed by atoms with Crippen LogP contribution in [-0.4, -0.2) is 109 Å². The first-order valence-corrected chi connectivity index (χ1v) is 18.0. The van der Waals surface area contributed by atoms with E-state index < -0.39 is 64.4 Å². The molecule has 0 radical (unpaired) electrons. The molecule has 270 valence electrons. The number of aliphatic hydroxyl groups excluding tert-OH is 1. The number of carbonyl (C=O) groups is 4. The zero-order chi connectivity index (χ0) is 36.5. The molecule has 1 aliphatic heterocycles. The molecule has 14 heteroatoms. The highest BCUT2D eigenvalue weighted by molar-refractivity contribution is 7.89. The molecule has 1 saturated heterocycles. The van der Waals surface area contributed by atoms with Crippen LogP contribution in [0.15, 0.2) is 59.5 Å². The minimum atomic E-state index is -4.06. The highest BCUT2D eigenvalue weighted by atomic mass is 32.2. The third-order valence-electron chi connectivity index (χ3n) is 8.08. The van der Waals surface area contributed by atoms with Crippen molar-refractivity contribution in [3.63, 3.8) is 0 Å². The van der Waals surface area contributed by atoms with Gasteiger partial charge in [-0.3, -0.25) is 19.3 Å². The number of hydrogen-bond donors (Lipinski definition) is 3. The average Bonchev–Trinajstić information content (AvgIpc) is 3.31. The Labute approximate surface area is 290 Å². The lowest BCUT2D eigenvalue weighted by molar-refractivity contribution is -0.131. The van der Waals surface area contributed by atoms with Crippen molar-refractivity contribution >= 4 is 33.8 Å². The molecule has 5 amide bonds. The topological polar surface area (TPSA) is 166 Å². The van der Waals surface area contributed by atoms with Crippen molar-refractivity contribution in [2.45, 2.75) is 71.0 Å². The fraction of sp³-hybridized carbons (Fsp3) is 0.543. The van der Waals surface area contributed by atoms with Gasteiger partial charge >= 0.3 is 6.03 Å². The standard InChI is InChI=1S/C35H51N5O8S/c1-23(2)18-36-31(42)21-39-32(43)22-40(35(39)45)33(25(5)6)34(44)37-29(17-26-11-9-8-10-12-26)30(41)20-38(19-24(3)4)49(46,47)28-15-13-27(48-7)14-16-28/h8-16,23-25,29-30,33,41H,17-22H2,1-7H3,(H,36,42)(H,37,44)/t29-,30+,33-/m0/s1. The molecular weight excluding hydrogens is 650 g/mol. The van der Waals surface area contributed by atoms with Crippen molar-refractivity contribution in [2.75, 3.05) is 39.8 Å². The Morgan fingerprint density at radius 3 is 2.12 bits per heavy atom. The van der Waals surface area contributed by atoms with Crippen LogP contribution in [0.5, 0.6) is 5.75 Å². The van der Waals surface area contributed by atoms with Gasteiger partial charge in [0.05, 0.1) is 24.2 Å². The van der Waals surface area contributed by atoms with Gasteiger partial charge in [0, 0.05) is 19.6 Å². The maximum absolute atomic E-state index is 14.0. The molecule has 0 unspecified atom stereocenters. The quantitative estimate of drug-likeness (QED) is 0.200. The Kier molecular flexibility index (Phi) is 14.2. The van der Waals surface area contributed by atoms with E-state index in [1.807, 2.05) is 58.0 Å². The summed E-state index contributed by atoms with van der Waals surface area (Å²) in [5, 5.41) is 17.3. The Morgan fingerprint density at radius 1 is 0.939 bits per heavy atom. The highest BCUT2D eigenvalue weighted by Gasteiger charge is 2.45. The van der Waals surface area contributed by atoms with Crippen molar-refractivity contribution in [1.82, 2.24) is 24.7 Å². The van der Waals surface area contributed by atoms with Gasteiger partial charge < -0.3 is 25.4 Å². The fourth-order valence-electron chi connectivity index (χ4n) is 5.59. The SMILES string of the molecule is COc1ccc(S(=O)(=O)N(CC(C)C)C[C@@H](O)[C@H](Cc2ccccc2)NC(=O)[C@H](C(C)C)N2CC(=O)N(CC(=O)NCC(C)C)C2=O)cc1. The number of rotatable bonds is 18. The van der Waals surface area contributed by atoms with Crippen LogP contribution >= 0.6 is 0 Å². The normalized spacial score (nSPS) is 15.7. The molecule has 2 aromatic rings. The Balaban J connectivity index is 1.88. The predicted molar refractivity (Wildman–Crippen MR) is 185 cm³/mol. The second-order valence-corrected chi connectivity index (χ2v) is 15.5. The summed E-state index contributed by atoms with van der Waals surface area (Å²) in [6.07, 6.45) is -1.20. The van der Waals surface area contributed by atoms with Crippen molar-refractivity contribution in [2.24, 2.45) is 17.8 Å². The van der Waals surface area contributed by atoms with Crippen LogP contribution in [0.3, 0.4) is 0 Å². The Morgan fingerprint density at radius 2 is 1.57 bits per heavy atom. The number of sulfonamides is 1. The number of methoxy groups -OCH3 is 1. The first-order valence-electron chi connectivity index (χ1n) is 16.6. The highest BCUT2D eigenvalue weighted by Crippen LogP contribution is 2.23. The van der Waals surface area contributed by atoms with E-state index in [2.05, 4.69) is 10.6 Å². The van der Waals surface area contributed by atoms with E-state index in [4.69, 9.17) is 4.74 Å². The first-order chi connectivity index (χ1) is 23.0. The molecular formula is C35H51N5O8S. The van der Waals surface area contributed by atoms with Gasteiger partial charge in [-0.15, -0.1) is 0 Å². The zero-order valence-corrected chi connectivity index (χ0v) is 30.3. The van der Waals surface area contributed by atoms with Crippen LogP contribution in [0.4, 0.5) is 4.79 Å². The zero-order valence-electron chi connectivity index (χ0n) is 29.5. The van der Waals surface area contributed by atoms with Crippen molar-refractivity contribution < 1.29 is 37.4 Å². The maximum atomic E-state index is 14.0. The number of carbonyl (C=O) groups excluding carboxylic acids is 4. The molecule has 0 spiro atoms. The molecule has 3 N–H and O–H groups in total. The third-order valence-corrected chi connectivity index (χ3v) is 9.92. The molecule has 0 aromatic heterocycles. The van der Waals surface area contributed by atoms with Gasteiger partial charge in [-0.1, -0.05) is 71.9 Å². The summed E-state index contributed by atoms with van der Waals surface area (Å²) < 4.78 is 34.0. The summed E-state index contributed by atoms with van der Waals surface area (Å²) in [5.74, 6) is -1.55. The van der Waals surface area contributed by atoms with Crippen LogP contribution in [0, 0.1) is 17.8 Å². The first kappa shape index (κ1) is 39.4. The lowest BCUT2D eigenvalue weighted by Crippen LogP contribution is -2.57. The molecule has 1 heterocycles. The fourth-order valence-corrected chi connectivity index (χ4v) is 7.21. The summed E-state index contributed by atoms with van der Waals surface area (Å²) in [6, 6.07) is 12.3. The van der Waals surface area contributed by atoms with Crippen LogP contribution in [0.2, 0.25) is 0 Å². The number of imide groups is 1. The van der Waals surface area contributed by atoms with Crippen LogP contribution in [0.25, 0.3) is 0 Å². The maximum Gasteiger partial charge on any atom is 0.328 e. The number of nitrogens with one attached hydrogen (secondary N) is 2. The van der Waals surface area contributed by atoms with E-state index in [1.165, 1.54) is 23.5 Å². The average molecular weight is 702 g/mol. The Bertz CT molecular complexity index is 1530. The smallest absolute Gasteiger partial charge is 0.328 e. The molecule has 49 heavy (non-hydrogen) atoms. The molecule has 2 aromatic carbocycles. The summed E-state index contributed by atoms with van der Waals surface area (Å²) in [5.41, 5.74) is 0.785. The summed E-state index contributed by atoms with van der Waals surface area (Å²) in [6.45, 7) is 10.4. The third kappa shape index (κ3) is 10.7. The molecule has 0 aliphatic carbocycles. The number of benzene rings is 2. The van der Waals surface area contributed by atoms with E-state index in [1.54, 1.807) is 26.0 Å². The lowest BCUT2D eigenvalue weighted by atomic mass is 9.97. The predicted octanol–water partition coefficient (Wildman–Crippen LogP) is 2.49. The number of hydrogen-bond acceptors (Lipinski definition) is 8. The second-order valence-electron chi connectivity index (χ2n) is 13.5. The molecule has 1 aliphatic rings. The van der Waals surface area contributed by atoms with Gasteiger partial charge in [-0.2, -0.15) is 4.31 Å². The van der Waals surface area contributed by atoms with E-state index in [9.17, 15) is 32.7 Å². The van der Waals surface area contributed by atoms with E-state index in [0.717, 1.165) is 15.4 Å². The van der Waals surface area contributed by atoms with E-state index >= 15 is 0 Å². The largest absolute Gasteiger partial charge is 0.497 e. The molecule has 3 rings (SSSR count). The monoisotopic (exact) mass is 701 g/mol. The number of amides is 5. The van der Waals surface area contributed by atoms with E-state index in [0.29, 0.717) is 12.3 Å². The van der Waals surface area contributed by atoms with Gasteiger partial charge in [0.1, 0.15) is 24.9 Å². The minimum Gasteiger partial charge on any atom is -0.497 e. The van der Waals surface area contributed by atoms with E-state index in [-0.39, 0.29) is 42.8 Å². The second kappa shape index (κ2) is 17.6. The summed E-state index contributed by atoms with van der Waals surface area (Å²) in [4.78, 5) is 54.8. The van der Waals surface area contributed by atoms with Crippen molar-refractivity contribution in [3.05, 3.63) is 60.2 Å². The van der Waals surface area contributed by atoms with Gasteiger partial charge in [-0.05, 0) is 54.0 Å². The summed E-state index contributed by atoms with van der Waals surface area (Å²) >= 11 is 0. The van der Waals surface area contributed by atoms with Crippen LogP contribution in [0.1, 0.15) is 47.1 Å². The molecule has 0 bridgehead atoms. The van der Waals surface area contributed by atoms with Crippen LogP contribution < -0.4 is 15.4 Å². The molecule has 0 saturated carbocycles. The van der Waals surface area contributed by atoms with Gasteiger partial charge in [0.15, 0.2) is 0 Å². The number of nitrogens with zero attached hydrogens (tertiary/aromatic N) is 3. The lowest BCUT2D eigenvalue weighted by Gasteiger charge is -2.34. The minimum absolute atomic E-state index is 0.0318. The van der Waals surface area contributed by atoms with Gasteiger partial charge in [0.25, 0.3) is 5.91 Å². The van der Waals surface area contributed by atoms with Gasteiger partial charge in [0.2, 0.25) is 21.8 Å². The van der Waals surface area contributed by atoms with Crippen LogP contribution in [-0.2, 0) is 30.8 Å². The molecule has 13 nitrogen and oxygen atoms in total. The summed E-state index contributed by atoms with van der Waals surface area (Å²) in [7, 11) is -2.57.